The number of aryl methyl sites for hydroxylation is 3. The lowest BCUT2D eigenvalue weighted by Gasteiger charge is -2.25. The number of carbonyl (C=O) groups is 1. The number of hydrogen-bond donors (Lipinski definition) is 1. The van der Waals surface area contributed by atoms with Crippen LogP contribution >= 0.6 is 11.8 Å². The Morgan fingerprint density at radius 1 is 0.892 bits per heavy atom. The maximum absolute atomic E-state index is 13.8. The monoisotopic (exact) mass is 542 g/mol. The van der Waals surface area contributed by atoms with E-state index in [-0.39, 0.29) is 17.3 Å². The molecule has 0 aliphatic rings. The van der Waals surface area contributed by atoms with Crippen molar-refractivity contribution in [1.82, 2.24) is 5.32 Å². The Hall–Kier alpha value is -3.17. The molecule has 0 aliphatic carbocycles. The van der Waals surface area contributed by atoms with Gasteiger partial charge in [0.1, 0.15) is 6.54 Å². The average Bonchev–Trinajstić information content (AvgIpc) is 2.86. The summed E-state index contributed by atoms with van der Waals surface area (Å²) < 4.78 is 39.2. The molecule has 0 radical (unpaired) electrons. The lowest BCUT2D eigenvalue weighted by atomic mass is 10.1. The maximum atomic E-state index is 13.8. The van der Waals surface area contributed by atoms with Crippen LogP contribution in [0.1, 0.15) is 22.3 Å². The molecule has 198 valence electrons. The lowest BCUT2D eigenvalue weighted by molar-refractivity contribution is -0.119. The van der Waals surface area contributed by atoms with Crippen LogP contribution in [0.5, 0.6) is 11.5 Å². The van der Waals surface area contributed by atoms with Crippen LogP contribution in [0.4, 0.5) is 5.69 Å². The largest absolute Gasteiger partial charge is 0.493 e. The summed E-state index contributed by atoms with van der Waals surface area (Å²) in [6.07, 6.45) is 0. The van der Waals surface area contributed by atoms with Crippen LogP contribution in [0, 0.1) is 20.8 Å². The first-order valence-electron chi connectivity index (χ1n) is 11.9. The molecule has 0 fully saturated rings. The Morgan fingerprint density at radius 2 is 1.59 bits per heavy atom. The van der Waals surface area contributed by atoms with E-state index in [4.69, 9.17) is 9.47 Å². The zero-order valence-corrected chi connectivity index (χ0v) is 23.5. The van der Waals surface area contributed by atoms with E-state index >= 15 is 0 Å². The third-order valence-corrected chi connectivity index (χ3v) is 8.44. The minimum Gasteiger partial charge on any atom is -0.493 e. The van der Waals surface area contributed by atoms with Crippen LogP contribution in [-0.4, -0.2) is 47.4 Å². The number of hydrogen-bond acceptors (Lipinski definition) is 6. The number of sulfonamides is 1. The van der Waals surface area contributed by atoms with Crippen molar-refractivity contribution in [2.75, 3.05) is 37.4 Å². The van der Waals surface area contributed by atoms with Crippen LogP contribution in [-0.2, 0) is 20.6 Å². The Morgan fingerprint density at radius 3 is 2.24 bits per heavy atom. The number of amides is 1. The van der Waals surface area contributed by atoms with Gasteiger partial charge in [0, 0.05) is 24.1 Å². The molecule has 0 saturated carbocycles. The van der Waals surface area contributed by atoms with Gasteiger partial charge >= 0.3 is 0 Å². The molecule has 3 aromatic carbocycles. The summed E-state index contributed by atoms with van der Waals surface area (Å²) in [6.45, 7) is 5.94. The van der Waals surface area contributed by atoms with Crippen molar-refractivity contribution in [1.29, 1.82) is 0 Å². The highest BCUT2D eigenvalue weighted by molar-refractivity contribution is 7.98. The van der Waals surface area contributed by atoms with E-state index in [0.717, 1.165) is 21.2 Å². The third-order valence-electron chi connectivity index (χ3n) is 5.64. The highest BCUT2D eigenvalue weighted by atomic mass is 32.2. The van der Waals surface area contributed by atoms with E-state index in [1.807, 2.05) is 26.0 Å². The van der Waals surface area contributed by atoms with Crippen LogP contribution in [0.2, 0.25) is 0 Å². The van der Waals surface area contributed by atoms with Crippen molar-refractivity contribution in [3.63, 3.8) is 0 Å². The fourth-order valence-electron chi connectivity index (χ4n) is 3.95. The van der Waals surface area contributed by atoms with Crippen molar-refractivity contribution in [3.8, 4) is 11.5 Å². The molecule has 37 heavy (non-hydrogen) atoms. The highest BCUT2D eigenvalue weighted by Crippen LogP contribution is 2.32. The number of nitrogens with one attached hydrogen (secondary N) is 1. The number of benzene rings is 3. The maximum Gasteiger partial charge on any atom is 0.264 e. The van der Waals surface area contributed by atoms with Gasteiger partial charge in [-0.05, 0) is 61.7 Å². The van der Waals surface area contributed by atoms with Gasteiger partial charge < -0.3 is 14.8 Å². The summed E-state index contributed by atoms with van der Waals surface area (Å²) in [5.74, 6) is 1.89. The summed E-state index contributed by atoms with van der Waals surface area (Å²) >= 11 is 1.71. The third kappa shape index (κ3) is 7.66. The summed E-state index contributed by atoms with van der Waals surface area (Å²) in [6, 6.07) is 18.2. The number of anilines is 1. The summed E-state index contributed by atoms with van der Waals surface area (Å²) in [4.78, 5) is 12.9. The van der Waals surface area contributed by atoms with Crippen LogP contribution in [0.3, 0.4) is 0 Å². The molecule has 0 atom stereocenters. The van der Waals surface area contributed by atoms with E-state index in [0.29, 0.717) is 29.5 Å². The number of methoxy groups -OCH3 is 2. The Kier molecular flexibility index (Phi) is 9.88. The average molecular weight is 543 g/mol. The fourth-order valence-corrected chi connectivity index (χ4v) is 6.18. The van der Waals surface area contributed by atoms with Crippen molar-refractivity contribution >= 4 is 33.4 Å². The second-order valence-corrected chi connectivity index (χ2v) is 11.7. The van der Waals surface area contributed by atoms with Crippen LogP contribution in [0.25, 0.3) is 0 Å². The zero-order chi connectivity index (χ0) is 27.0. The van der Waals surface area contributed by atoms with Gasteiger partial charge in [0.2, 0.25) is 5.91 Å². The van der Waals surface area contributed by atoms with Crippen molar-refractivity contribution < 1.29 is 22.7 Å². The van der Waals surface area contributed by atoms with Gasteiger partial charge in [-0.2, -0.15) is 11.8 Å². The zero-order valence-electron chi connectivity index (χ0n) is 21.9. The number of ether oxygens (including phenoxy) is 2. The molecule has 0 aromatic heterocycles. The molecule has 7 nitrogen and oxygen atoms in total. The molecule has 0 spiro atoms. The molecule has 3 rings (SSSR count). The molecule has 0 saturated heterocycles. The van der Waals surface area contributed by atoms with E-state index in [1.165, 1.54) is 43.5 Å². The standard InChI is InChI=1S/C28H34N2O5S2/c1-20-7-6-8-23(14-20)19-36-12-11-29-28(31)18-30(24-15-21(2)13-22(3)16-24)37(32,33)25-9-10-26(34-4)27(17-25)35-5/h6-10,13-17H,11-12,18-19H2,1-5H3,(H,29,31). The fraction of sp³-hybridized carbons (Fsp3) is 0.321. The Bertz CT molecular complexity index is 1320. The van der Waals surface area contributed by atoms with E-state index in [9.17, 15) is 13.2 Å². The first kappa shape index (κ1) is 28.4. The number of thioether (sulfide) groups is 1. The van der Waals surface area contributed by atoms with E-state index in [2.05, 4.69) is 30.4 Å². The summed E-state index contributed by atoms with van der Waals surface area (Å²) in [7, 11) is -1.16. The van der Waals surface area contributed by atoms with Crippen molar-refractivity contribution in [2.45, 2.75) is 31.4 Å². The molecule has 0 bridgehead atoms. The Balaban J connectivity index is 1.75. The normalized spacial score (nSPS) is 11.2. The smallest absolute Gasteiger partial charge is 0.264 e. The number of carbonyl (C=O) groups excluding carboxylic acids is 1. The SMILES string of the molecule is COc1ccc(S(=O)(=O)N(CC(=O)NCCSCc2cccc(C)c2)c2cc(C)cc(C)c2)cc1OC. The van der Waals surface area contributed by atoms with Crippen LogP contribution in [0.15, 0.2) is 65.6 Å². The summed E-state index contributed by atoms with van der Waals surface area (Å²) in [5, 5.41) is 2.86. The minimum atomic E-state index is -4.08. The Labute approximate surface area is 224 Å². The van der Waals surface area contributed by atoms with E-state index < -0.39 is 10.0 Å². The highest BCUT2D eigenvalue weighted by Gasteiger charge is 2.28. The van der Waals surface area contributed by atoms with Gasteiger partial charge in [0.25, 0.3) is 10.0 Å². The lowest BCUT2D eigenvalue weighted by Crippen LogP contribution is -2.41. The van der Waals surface area contributed by atoms with Gasteiger partial charge in [-0.25, -0.2) is 8.42 Å². The molecule has 0 aliphatic heterocycles. The molecule has 1 N–H and O–H groups in total. The predicted octanol–water partition coefficient (Wildman–Crippen LogP) is 4.87. The van der Waals surface area contributed by atoms with Gasteiger partial charge in [0.05, 0.1) is 24.8 Å². The number of rotatable bonds is 12. The quantitative estimate of drug-likeness (QED) is 0.329. The molecule has 9 heteroatoms. The summed E-state index contributed by atoms with van der Waals surface area (Å²) in [5.41, 5.74) is 4.68. The molecule has 0 unspecified atom stereocenters. The first-order valence-corrected chi connectivity index (χ1v) is 14.5. The van der Waals surface area contributed by atoms with Gasteiger partial charge in [0.15, 0.2) is 11.5 Å². The van der Waals surface area contributed by atoms with Gasteiger partial charge in [-0.15, -0.1) is 0 Å². The molecule has 3 aromatic rings. The topological polar surface area (TPSA) is 84.9 Å². The molecular formula is C28H34N2O5S2. The first-order chi connectivity index (χ1) is 17.6. The van der Waals surface area contributed by atoms with Gasteiger partial charge in [-0.1, -0.05) is 35.9 Å². The second kappa shape index (κ2) is 12.9. The van der Waals surface area contributed by atoms with Crippen molar-refractivity contribution in [3.05, 3.63) is 82.9 Å². The number of nitrogens with zero attached hydrogens (tertiary/aromatic N) is 1. The second-order valence-electron chi connectivity index (χ2n) is 8.77. The molecular weight excluding hydrogens is 508 g/mol. The van der Waals surface area contributed by atoms with Gasteiger partial charge in [-0.3, -0.25) is 9.10 Å². The van der Waals surface area contributed by atoms with Crippen LogP contribution < -0.4 is 19.1 Å². The van der Waals surface area contributed by atoms with Crippen molar-refractivity contribution in [2.24, 2.45) is 0 Å². The molecule has 1 amide bonds. The molecule has 0 heterocycles. The van der Waals surface area contributed by atoms with E-state index in [1.54, 1.807) is 23.9 Å². The minimum absolute atomic E-state index is 0.00539. The predicted molar refractivity (Wildman–Crippen MR) is 150 cm³/mol.